The molecule has 0 saturated heterocycles. The molecule has 7 nitrogen and oxygen atoms in total. The lowest BCUT2D eigenvalue weighted by molar-refractivity contribution is 0.0907. The molecule has 3 aromatic rings. The highest BCUT2D eigenvalue weighted by Crippen LogP contribution is 2.19. The van der Waals surface area contributed by atoms with Crippen molar-refractivity contribution in [3.05, 3.63) is 63.8 Å². The Morgan fingerprint density at radius 1 is 1.32 bits per heavy atom. The summed E-state index contributed by atoms with van der Waals surface area (Å²) >= 11 is 6.09. The fourth-order valence-electron chi connectivity index (χ4n) is 2.23. The van der Waals surface area contributed by atoms with E-state index in [4.69, 9.17) is 16.1 Å². The van der Waals surface area contributed by atoms with E-state index in [0.29, 0.717) is 16.5 Å². The minimum Gasteiger partial charge on any atom is -0.344 e. The quantitative estimate of drug-likeness (QED) is 0.753. The molecule has 1 N–H and O–H groups in total. The van der Waals surface area contributed by atoms with Crippen LogP contribution in [0.25, 0.3) is 0 Å². The van der Waals surface area contributed by atoms with E-state index in [1.165, 1.54) is 12.1 Å². The Morgan fingerprint density at radius 3 is 2.68 bits per heavy atom. The zero-order chi connectivity index (χ0) is 18.0. The Bertz CT molecular complexity index is 904. The predicted molar refractivity (Wildman–Crippen MR) is 87.7 cm³/mol. The van der Waals surface area contributed by atoms with Gasteiger partial charge in [-0.25, -0.2) is 4.39 Å². The maximum Gasteiger partial charge on any atom is 0.316 e. The number of halogens is 2. The van der Waals surface area contributed by atoms with Crippen molar-refractivity contribution in [2.75, 3.05) is 0 Å². The lowest BCUT2D eigenvalue weighted by Gasteiger charge is -2.02. The summed E-state index contributed by atoms with van der Waals surface area (Å²) in [6, 6.07) is 5.82. The van der Waals surface area contributed by atoms with E-state index < -0.39 is 5.91 Å². The van der Waals surface area contributed by atoms with Crippen LogP contribution in [0.4, 0.5) is 4.39 Å². The van der Waals surface area contributed by atoms with Crippen LogP contribution >= 0.6 is 11.6 Å². The van der Waals surface area contributed by atoms with E-state index in [1.807, 2.05) is 6.92 Å². The molecule has 0 unspecified atom stereocenters. The molecule has 0 aliphatic rings. The van der Waals surface area contributed by atoms with Gasteiger partial charge in [0.15, 0.2) is 5.82 Å². The normalized spacial score (nSPS) is 10.9. The number of hydrogen-bond acceptors (Lipinski definition) is 5. The second-order valence-electron chi connectivity index (χ2n) is 5.47. The van der Waals surface area contributed by atoms with Crippen molar-refractivity contribution < 1.29 is 13.7 Å². The number of amides is 1. The number of rotatable bonds is 5. The summed E-state index contributed by atoms with van der Waals surface area (Å²) in [6.45, 7) is 4.10. The van der Waals surface area contributed by atoms with Crippen molar-refractivity contribution in [2.24, 2.45) is 0 Å². The molecule has 0 fully saturated rings. The molecule has 130 valence electrons. The molecule has 0 atom stereocenters. The highest BCUT2D eigenvalue weighted by atomic mass is 35.5. The molecule has 1 aromatic carbocycles. The molecule has 0 radical (unpaired) electrons. The van der Waals surface area contributed by atoms with Gasteiger partial charge >= 0.3 is 11.8 Å². The van der Waals surface area contributed by atoms with Crippen LogP contribution in [0, 0.1) is 19.7 Å². The Balaban J connectivity index is 1.63. The predicted octanol–water partition coefficient (Wildman–Crippen LogP) is 2.65. The first-order valence-electron chi connectivity index (χ1n) is 7.49. The summed E-state index contributed by atoms with van der Waals surface area (Å²) < 4.78 is 19.5. The van der Waals surface area contributed by atoms with Crippen molar-refractivity contribution in [2.45, 2.75) is 26.9 Å². The standard InChI is InChI=1S/C16H15ClFN5O2/c1-9-14(17)10(2)23(21-9)8-13-20-16(25-22-13)15(24)19-7-11-3-5-12(18)6-4-11/h3-6H,7-8H2,1-2H3,(H,19,24). The van der Waals surface area contributed by atoms with E-state index in [9.17, 15) is 9.18 Å². The van der Waals surface area contributed by atoms with Crippen LogP contribution in [-0.2, 0) is 13.1 Å². The first-order valence-corrected chi connectivity index (χ1v) is 7.86. The topological polar surface area (TPSA) is 85.8 Å². The lowest BCUT2D eigenvalue weighted by atomic mass is 10.2. The van der Waals surface area contributed by atoms with Crippen LogP contribution in [0.3, 0.4) is 0 Å². The third-order valence-electron chi connectivity index (χ3n) is 3.61. The highest BCUT2D eigenvalue weighted by Gasteiger charge is 2.17. The van der Waals surface area contributed by atoms with Gasteiger partial charge in [-0.2, -0.15) is 10.1 Å². The number of carbonyl (C=O) groups is 1. The number of hydrogen-bond donors (Lipinski definition) is 1. The first kappa shape index (κ1) is 17.1. The maximum absolute atomic E-state index is 12.9. The molecule has 25 heavy (non-hydrogen) atoms. The zero-order valence-electron chi connectivity index (χ0n) is 13.6. The molecular formula is C16H15ClFN5O2. The zero-order valence-corrected chi connectivity index (χ0v) is 14.3. The fraction of sp³-hybridized carbons (Fsp3) is 0.250. The lowest BCUT2D eigenvalue weighted by Crippen LogP contribution is -2.23. The molecule has 9 heteroatoms. The summed E-state index contributed by atoms with van der Waals surface area (Å²) in [4.78, 5) is 16.1. The van der Waals surface area contributed by atoms with Gasteiger partial charge in [-0.05, 0) is 31.5 Å². The molecular weight excluding hydrogens is 349 g/mol. The largest absolute Gasteiger partial charge is 0.344 e. The van der Waals surface area contributed by atoms with Crippen LogP contribution in [-0.4, -0.2) is 25.8 Å². The van der Waals surface area contributed by atoms with Gasteiger partial charge in [-0.15, -0.1) is 0 Å². The third-order valence-corrected chi connectivity index (χ3v) is 4.16. The molecule has 0 saturated carbocycles. The van der Waals surface area contributed by atoms with Crippen molar-refractivity contribution in [3.63, 3.8) is 0 Å². The van der Waals surface area contributed by atoms with Gasteiger partial charge in [-0.1, -0.05) is 28.9 Å². The molecule has 0 aliphatic heterocycles. The van der Waals surface area contributed by atoms with Crippen LogP contribution < -0.4 is 5.32 Å². The first-order chi connectivity index (χ1) is 11.9. The van der Waals surface area contributed by atoms with Gasteiger partial charge in [0.25, 0.3) is 0 Å². The number of aryl methyl sites for hydroxylation is 1. The van der Waals surface area contributed by atoms with E-state index in [2.05, 4.69) is 20.6 Å². The summed E-state index contributed by atoms with van der Waals surface area (Å²) in [5.41, 5.74) is 2.25. The third kappa shape index (κ3) is 3.85. The van der Waals surface area contributed by atoms with Gasteiger partial charge in [0.2, 0.25) is 0 Å². The van der Waals surface area contributed by atoms with Crippen molar-refractivity contribution in [3.8, 4) is 0 Å². The van der Waals surface area contributed by atoms with Crippen molar-refractivity contribution in [1.29, 1.82) is 0 Å². The van der Waals surface area contributed by atoms with Gasteiger partial charge in [0.1, 0.15) is 12.4 Å². The average Bonchev–Trinajstić information content (AvgIpc) is 3.16. The summed E-state index contributed by atoms with van der Waals surface area (Å²) in [5.74, 6) is -0.672. The van der Waals surface area contributed by atoms with E-state index in [1.54, 1.807) is 23.7 Å². The molecule has 3 rings (SSSR count). The van der Waals surface area contributed by atoms with E-state index in [-0.39, 0.29) is 24.8 Å². The number of carbonyl (C=O) groups excluding carboxylic acids is 1. The number of aromatic nitrogens is 4. The Kier molecular flexibility index (Phi) is 4.80. The monoisotopic (exact) mass is 363 g/mol. The van der Waals surface area contributed by atoms with Crippen LogP contribution in [0.1, 0.15) is 33.5 Å². The number of nitrogens with zero attached hydrogens (tertiary/aromatic N) is 4. The Labute approximate surface area is 147 Å². The second kappa shape index (κ2) is 7.02. The van der Waals surface area contributed by atoms with Crippen LogP contribution in [0.5, 0.6) is 0 Å². The van der Waals surface area contributed by atoms with Crippen molar-refractivity contribution >= 4 is 17.5 Å². The molecule has 0 spiro atoms. The molecule has 2 aromatic heterocycles. The number of benzene rings is 1. The molecule has 1 amide bonds. The smallest absolute Gasteiger partial charge is 0.316 e. The van der Waals surface area contributed by atoms with E-state index >= 15 is 0 Å². The van der Waals surface area contributed by atoms with Gasteiger partial charge in [0.05, 0.1) is 16.4 Å². The Morgan fingerprint density at radius 2 is 2.04 bits per heavy atom. The van der Waals surface area contributed by atoms with Crippen LogP contribution in [0.2, 0.25) is 5.02 Å². The molecule has 0 aliphatic carbocycles. The van der Waals surface area contributed by atoms with Gasteiger partial charge < -0.3 is 9.84 Å². The minimum atomic E-state index is -0.505. The SMILES string of the molecule is Cc1nn(Cc2noc(C(=O)NCc3ccc(F)cc3)n2)c(C)c1Cl. The number of nitrogens with one attached hydrogen (secondary N) is 1. The van der Waals surface area contributed by atoms with Gasteiger partial charge in [-0.3, -0.25) is 9.48 Å². The summed E-state index contributed by atoms with van der Waals surface area (Å²) in [7, 11) is 0. The van der Waals surface area contributed by atoms with Crippen LogP contribution in [0.15, 0.2) is 28.8 Å². The van der Waals surface area contributed by atoms with Crippen molar-refractivity contribution in [1.82, 2.24) is 25.2 Å². The molecule has 2 heterocycles. The Hall–Kier alpha value is -2.74. The second-order valence-corrected chi connectivity index (χ2v) is 5.85. The summed E-state index contributed by atoms with van der Waals surface area (Å²) in [6.07, 6.45) is 0. The summed E-state index contributed by atoms with van der Waals surface area (Å²) in [5, 5.41) is 11.3. The van der Waals surface area contributed by atoms with E-state index in [0.717, 1.165) is 11.3 Å². The highest BCUT2D eigenvalue weighted by molar-refractivity contribution is 6.31. The molecule has 0 bridgehead atoms. The van der Waals surface area contributed by atoms with Gasteiger partial charge in [0, 0.05) is 6.54 Å². The minimum absolute atomic E-state index is 0.148. The fourth-order valence-corrected chi connectivity index (χ4v) is 2.37. The average molecular weight is 364 g/mol. The maximum atomic E-state index is 12.9.